The summed E-state index contributed by atoms with van der Waals surface area (Å²) in [6.07, 6.45) is 10.5. The Labute approximate surface area is 417 Å². The van der Waals surface area contributed by atoms with Crippen molar-refractivity contribution in [3.8, 4) is 45.3 Å². The predicted octanol–water partition coefficient (Wildman–Crippen LogP) is 17.2. The van der Waals surface area contributed by atoms with E-state index in [1.807, 2.05) is 0 Å². The molecule has 0 saturated heterocycles. The molecule has 350 valence electrons. The van der Waals surface area contributed by atoms with Gasteiger partial charge in [-0.15, -0.1) is 0 Å². The third kappa shape index (κ3) is 10.5. The summed E-state index contributed by atoms with van der Waals surface area (Å²) < 4.78 is 29.6. The zero-order chi connectivity index (χ0) is 47.2. The van der Waals surface area contributed by atoms with Crippen LogP contribution in [0.2, 0.25) is 0 Å². The van der Waals surface area contributed by atoms with Crippen molar-refractivity contribution in [2.75, 3.05) is 26.4 Å². The molecule has 4 unspecified atom stereocenters. The normalized spacial score (nSPS) is 16.3. The molecule has 4 atom stereocenters. The van der Waals surface area contributed by atoms with Crippen LogP contribution in [0.15, 0.2) is 118 Å². The van der Waals surface area contributed by atoms with Gasteiger partial charge in [-0.1, -0.05) is 180 Å². The molecule has 6 heteroatoms. The van der Waals surface area contributed by atoms with Gasteiger partial charge in [0.15, 0.2) is 23.0 Å². The summed E-state index contributed by atoms with van der Waals surface area (Å²) in [4.78, 5) is 0. The van der Waals surface area contributed by atoms with Gasteiger partial charge in [-0.05, 0) is 158 Å². The van der Waals surface area contributed by atoms with E-state index in [0.717, 1.165) is 92.7 Å². The van der Waals surface area contributed by atoms with Gasteiger partial charge in [0.25, 0.3) is 0 Å². The smallest absolute Gasteiger partial charge is 0.161 e. The molecule has 0 amide bonds. The standard InChI is InChI=1S/C61H68Br2O4/c1-9-39(5)35-64-57-31-51-52-32-58(65-36-40(6)10-2)60(67-38-42(8)12-4)34-56(52)61(55(51)33-59(57)66-37-41(7)11-3)53-29-45(15-13-43-17-23-47(62)24-18-43)21-27-49(53)50-28-22-46(30-54(50)61)16-14-44-19-25-48(63)26-20-44/h13,15,17-34,39-42H,9-12,14,16,35-38H2,1-8H3/b15-13+. The maximum Gasteiger partial charge on any atom is 0.161 e. The Morgan fingerprint density at radius 2 is 0.761 bits per heavy atom. The zero-order valence-electron chi connectivity index (χ0n) is 40.8. The maximum atomic E-state index is 6.91. The highest BCUT2D eigenvalue weighted by Gasteiger charge is 2.53. The minimum absolute atomic E-state index is 0.388. The molecular weight excluding hydrogens is 956 g/mol. The van der Waals surface area contributed by atoms with Crippen molar-refractivity contribution in [1.82, 2.24) is 0 Å². The van der Waals surface area contributed by atoms with Gasteiger partial charge in [-0.25, -0.2) is 0 Å². The van der Waals surface area contributed by atoms with E-state index >= 15 is 0 Å². The number of aryl methyl sites for hydroxylation is 2. The van der Waals surface area contributed by atoms with Crippen LogP contribution in [0.3, 0.4) is 0 Å². The van der Waals surface area contributed by atoms with Crippen LogP contribution in [-0.2, 0) is 18.3 Å². The van der Waals surface area contributed by atoms with Gasteiger partial charge in [0.05, 0.1) is 31.8 Å². The van der Waals surface area contributed by atoms with E-state index in [1.165, 1.54) is 44.5 Å². The van der Waals surface area contributed by atoms with Crippen LogP contribution in [0.1, 0.15) is 126 Å². The van der Waals surface area contributed by atoms with Crippen molar-refractivity contribution in [3.63, 3.8) is 0 Å². The van der Waals surface area contributed by atoms with E-state index in [1.54, 1.807) is 0 Å². The topological polar surface area (TPSA) is 36.9 Å². The number of hydrogen-bond donors (Lipinski definition) is 0. The van der Waals surface area contributed by atoms with Crippen molar-refractivity contribution in [2.24, 2.45) is 23.7 Å². The van der Waals surface area contributed by atoms with Crippen molar-refractivity contribution in [3.05, 3.63) is 163 Å². The Bertz CT molecular complexity index is 2600. The summed E-state index contributed by atoms with van der Waals surface area (Å²) in [5, 5.41) is 0. The van der Waals surface area contributed by atoms with Crippen LogP contribution < -0.4 is 18.9 Å². The zero-order valence-corrected chi connectivity index (χ0v) is 44.0. The molecule has 67 heavy (non-hydrogen) atoms. The third-order valence-corrected chi connectivity index (χ3v) is 15.4. The Kier molecular flexibility index (Phi) is 15.7. The molecule has 6 aromatic carbocycles. The molecule has 6 aromatic rings. The van der Waals surface area contributed by atoms with Crippen LogP contribution in [0.4, 0.5) is 0 Å². The molecule has 8 rings (SSSR count). The van der Waals surface area contributed by atoms with Gasteiger partial charge in [-0.3, -0.25) is 0 Å². The molecule has 1 spiro atoms. The van der Waals surface area contributed by atoms with E-state index in [0.29, 0.717) is 50.1 Å². The molecule has 0 aliphatic heterocycles. The van der Waals surface area contributed by atoms with Crippen molar-refractivity contribution < 1.29 is 18.9 Å². The fourth-order valence-electron chi connectivity index (χ4n) is 9.12. The summed E-state index contributed by atoms with van der Waals surface area (Å²) in [6.45, 7) is 20.4. The second-order valence-corrected chi connectivity index (χ2v) is 21.3. The summed E-state index contributed by atoms with van der Waals surface area (Å²) in [6, 6.07) is 40.7. The lowest BCUT2D eigenvalue weighted by atomic mass is 9.70. The lowest BCUT2D eigenvalue weighted by molar-refractivity contribution is 0.217. The van der Waals surface area contributed by atoms with Gasteiger partial charge < -0.3 is 18.9 Å². The van der Waals surface area contributed by atoms with Crippen LogP contribution in [0, 0.1) is 23.7 Å². The number of benzene rings is 6. The van der Waals surface area contributed by atoms with Gasteiger partial charge in [0.1, 0.15) is 0 Å². The number of hydrogen-bond acceptors (Lipinski definition) is 4. The fourth-order valence-corrected chi connectivity index (χ4v) is 9.64. The highest BCUT2D eigenvalue weighted by molar-refractivity contribution is 9.10. The predicted molar refractivity (Wildman–Crippen MR) is 287 cm³/mol. The first-order valence-electron chi connectivity index (χ1n) is 24.8. The molecule has 0 N–H and O–H groups in total. The Morgan fingerprint density at radius 3 is 1.24 bits per heavy atom. The SMILES string of the molecule is CCC(C)COc1cc2c(cc1OCC(C)CC)C1(c3cc(/C=C/c4ccc(Br)cc4)ccc3-c3ccc(CCc4ccc(Br)cc4)cc31)c1cc(OCC(C)CC)c(OCC(C)CC)cc1-2. The summed E-state index contributed by atoms with van der Waals surface area (Å²) in [5.74, 6) is 4.74. The minimum atomic E-state index is -0.697. The van der Waals surface area contributed by atoms with E-state index < -0.39 is 5.41 Å². The first-order valence-corrected chi connectivity index (χ1v) is 26.4. The largest absolute Gasteiger partial charge is 0.489 e. The quantitative estimate of drug-likeness (QED) is 0.0672. The summed E-state index contributed by atoms with van der Waals surface area (Å²) in [5.41, 5.74) is 13.9. The number of rotatable bonds is 21. The Balaban J connectivity index is 1.41. The molecule has 0 radical (unpaired) electrons. The average molecular weight is 1030 g/mol. The van der Waals surface area contributed by atoms with Gasteiger partial charge >= 0.3 is 0 Å². The van der Waals surface area contributed by atoms with Gasteiger partial charge in [0, 0.05) is 8.95 Å². The van der Waals surface area contributed by atoms with E-state index in [4.69, 9.17) is 18.9 Å². The summed E-state index contributed by atoms with van der Waals surface area (Å²) in [7, 11) is 0. The highest BCUT2D eigenvalue weighted by atomic mass is 79.9. The Hall–Kier alpha value is -4.78. The molecule has 0 aromatic heterocycles. The number of halogens is 2. The maximum absolute atomic E-state index is 6.91. The van der Waals surface area contributed by atoms with Crippen molar-refractivity contribution in [1.29, 1.82) is 0 Å². The molecular formula is C61H68Br2O4. The Morgan fingerprint density at radius 1 is 0.403 bits per heavy atom. The van der Waals surface area contributed by atoms with Gasteiger partial charge in [-0.2, -0.15) is 0 Å². The highest BCUT2D eigenvalue weighted by Crippen LogP contribution is 2.65. The third-order valence-electron chi connectivity index (χ3n) is 14.3. The lowest BCUT2D eigenvalue weighted by Gasteiger charge is -2.32. The van der Waals surface area contributed by atoms with Crippen molar-refractivity contribution in [2.45, 2.75) is 99.3 Å². The molecule has 2 aliphatic carbocycles. The molecule has 2 aliphatic rings. The molecule has 0 saturated carbocycles. The number of ether oxygens (including phenoxy) is 4. The van der Waals surface area contributed by atoms with Crippen LogP contribution in [0.25, 0.3) is 34.4 Å². The molecule has 4 nitrogen and oxygen atoms in total. The fraction of sp³-hybridized carbons (Fsp3) is 0.377. The summed E-state index contributed by atoms with van der Waals surface area (Å²) >= 11 is 7.25. The monoisotopic (exact) mass is 1020 g/mol. The first-order chi connectivity index (χ1) is 32.4. The van der Waals surface area contributed by atoms with Gasteiger partial charge in [0.2, 0.25) is 0 Å². The number of fused-ring (bicyclic) bond motifs is 10. The molecule has 0 heterocycles. The van der Waals surface area contributed by atoms with Crippen LogP contribution in [-0.4, -0.2) is 26.4 Å². The minimum Gasteiger partial charge on any atom is -0.489 e. The first kappa shape index (κ1) is 48.7. The second-order valence-electron chi connectivity index (χ2n) is 19.4. The lowest BCUT2D eigenvalue weighted by Crippen LogP contribution is -2.26. The van der Waals surface area contributed by atoms with Crippen LogP contribution >= 0.6 is 31.9 Å². The van der Waals surface area contributed by atoms with E-state index in [9.17, 15) is 0 Å². The van der Waals surface area contributed by atoms with E-state index in [-0.39, 0.29) is 0 Å². The molecule has 0 fully saturated rings. The molecule has 0 bridgehead atoms. The second kappa shape index (κ2) is 21.7. The van der Waals surface area contributed by atoms with E-state index in [2.05, 4.69) is 209 Å². The van der Waals surface area contributed by atoms with Crippen molar-refractivity contribution >= 4 is 44.0 Å². The average Bonchev–Trinajstić information content (AvgIpc) is 3.79. The van der Waals surface area contributed by atoms with Crippen LogP contribution in [0.5, 0.6) is 23.0 Å².